The molecule has 2 rings (SSSR count). The molecule has 94 valence electrons. The summed E-state index contributed by atoms with van der Waals surface area (Å²) in [7, 11) is 0. The molecular weight excluding hydrogens is 228 g/mol. The van der Waals surface area contributed by atoms with E-state index in [-0.39, 0.29) is 0 Å². The van der Waals surface area contributed by atoms with Gasteiger partial charge in [-0.05, 0) is 42.7 Å². The lowest BCUT2D eigenvalue weighted by atomic mass is 9.93. The summed E-state index contributed by atoms with van der Waals surface area (Å²) in [6.07, 6.45) is 2.36. The summed E-state index contributed by atoms with van der Waals surface area (Å²) in [4.78, 5) is 11.4. The minimum Gasteiger partial charge on any atom is -0.464 e. The number of primary amides is 1. The number of carbonyl (C=O) groups excluding carboxylic acids is 1. The number of rotatable bonds is 3. The molecule has 0 fully saturated rings. The van der Waals surface area contributed by atoms with E-state index >= 15 is 0 Å². The summed E-state index contributed by atoms with van der Waals surface area (Å²) in [5, 5.41) is 0. The summed E-state index contributed by atoms with van der Waals surface area (Å²) in [5.74, 6) is 0.218. The van der Waals surface area contributed by atoms with Crippen molar-refractivity contribution in [1.82, 2.24) is 0 Å². The van der Waals surface area contributed by atoms with E-state index in [2.05, 4.69) is 0 Å². The fraction of sp³-hybridized carbons (Fsp3) is 0.214. The zero-order valence-electron chi connectivity index (χ0n) is 10.5. The number of amides is 1. The Morgan fingerprint density at radius 2 is 2.17 bits per heavy atom. The first-order chi connectivity index (χ1) is 8.56. The topological polar surface area (TPSA) is 82.2 Å². The summed E-state index contributed by atoms with van der Waals surface area (Å²) in [5.41, 5.74) is 15.1. The molecule has 0 saturated heterocycles. The maximum Gasteiger partial charge on any atom is 0.249 e. The van der Waals surface area contributed by atoms with Gasteiger partial charge in [-0.2, -0.15) is 0 Å². The molecule has 0 aliphatic carbocycles. The van der Waals surface area contributed by atoms with Crippen molar-refractivity contribution in [2.45, 2.75) is 20.3 Å². The van der Waals surface area contributed by atoms with Gasteiger partial charge in [-0.25, -0.2) is 0 Å². The SMILES string of the molecule is CCc1c(-c2ccco2)cc(C(N)=O)c(C)c1N. The van der Waals surface area contributed by atoms with Crippen molar-refractivity contribution in [3.63, 3.8) is 0 Å². The highest BCUT2D eigenvalue weighted by atomic mass is 16.3. The molecule has 0 radical (unpaired) electrons. The number of nitrogens with two attached hydrogens (primary N) is 2. The van der Waals surface area contributed by atoms with Crippen molar-refractivity contribution in [2.75, 3.05) is 5.73 Å². The third kappa shape index (κ3) is 1.86. The van der Waals surface area contributed by atoms with E-state index in [0.717, 1.165) is 23.1 Å². The number of carbonyl (C=O) groups is 1. The average molecular weight is 244 g/mol. The van der Waals surface area contributed by atoms with Gasteiger partial charge in [0.15, 0.2) is 0 Å². The Balaban J connectivity index is 2.75. The predicted molar refractivity (Wildman–Crippen MR) is 71.2 cm³/mol. The minimum atomic E-state index is -0.477. The predicted octanol–water partition coefficient (Wildman–Crippen LogP) is 2.50. The van der Waals surface area contributed by atoms with Crippen LogP contribution in [0.1, 0.15) is 28.4 Å². The first-order valence-electron chi connectivity index (χ1n) is 5.81. The van der Waals surface area contributed by atoms with Crippen LogP contribution >= 0.6 is 0 Å². The van der Waals surface area contributed by atoms with Crippen LogP contribution in [0.3, 0.4) is 0 Å². The highest BCUT2D eigenvalue weighted by molar-refractivity contribution is 5.98. The fourth-order valence-electron chi connectivity index (χ4n) is 2.14. The van der Waals surface area contributed by atoms with E-state index in [1.807, 2.05) is 13.0 Å². The Bertz CT molecular complexity index is 586. The van der Waals surface area contributed by atoms with Gasteiger partial charge in [-0.3, -0.25) is 4.79 Å². The van der Waals surface area contributed by atoms with Crippen LogP contribution in [0.4, 0.5) is 5.69 Å². The largest absolute Gasteiger partial charge is 0.464 e. The second-order valence-corrected chi connectivity index (χ2v) is 4.18. The van der Waals surface area contributed by atoms with Crippen LogP contribution in [0, 0.1) is 6.92 Å². The molecule has 0 saturated carbocycles. The third-order valence-electron chi connectivity index (χ3n) is 3.15. The lowest BCUT2D eigenvalue weighted by molar-refractivity contribution is 0.1000. The molecule has 4 N–H and O–H groups in total. The monoisotopic (exact) mass is 244 g/mol. The summed E-state index contributed by atoms with van der Waals surface area (Å²) >= 11 is 0. The molecule has 1 heterocycles. The van der Waals surface area contributed by atoms with Gasteiger partial charge in [0.25, 0.3) is 0 Å². The molecule has 0 bridgehead atoms. The fourth-order valence-corrected chi connectivity index (χ4v) is 2.14. The van der Waals surface area contributed by atoms with Crippen LogP contribution in [-0.2, 0) is 6.42 Å². The van der Waals surface area contributed by atoms with Crippen LogP contribution in [0.2, 0.25) is 0 Å². The first kappa shape index (κ1) is 12.2. The van der Waals surface area contributed by atoms with E-state index in [9.17, 15) is 4.79 Å². The van der Waals surface area contributed by atoms with Crippen molar-refractivity contribution in [3.05, 3.63) is 41.2 Å². The minimum absolute atomic E-state index is 0.441. The molecule has 18 heavy (non-hydrogen) atoms. The van der Waals surface area contributed by atoms with Gasteiger partial charge < -0.3 is 15.9 Å². The smallest absolute Gasteiger partial charge is 0.249 e. The van der Waals surface area contributed by atoms with Crippen LogP contribution in [0.5, 0.6) is 0 Å². The molecule has 4 heteroatoms. The number of hydrogen-bond donors (Lipinski definition) is 2. The maximum absolute atomic E-state index is 11.4. The van der Waals surface area contributed by atoms with Crippen molar-refractivity contribution in [3.8, 4) is 11.3 Å². The molecule has 0 aliphatic heterocycles. The molecule has 1 aromatic heterocycles. The van der Waals surface area contributed by atoms with Gasteiger partial charge >= 0.3 is 0 Å². The van der Waals surface area contributed by atoms with Gasteiger partial charge in [-0.15, -0.1) is 0 Å². The zero-order valence-corrected chi connectivity index (χ0v) is 10.5. The second kappa shape index (κ2) is 4.56. The molecule has 0 unspecified atom stereocenters. The van der Waals surface area contributed by atoms with Gasteiger partial charge in [0.05, 0.1) is 6.26 Å². The molecule has 1 amide bonds. The number of hydrogen-bond acceptors (Lipinski definition) is 3. The van der Waals surface area contributed by atoms with Crippen LogP contribution in [0.25, 0.3) is 11.3 Å². The van der Waals surface area contributed by atoms with Gasteiger partial charge in [0, 0.05) is 16.8 Å². The average Bonchev–Trinajstić information content (AvgIpc) is 2.85. The van der Waals surface area contributed by atoms with E-state index < -0.39 is 5.91 Å². The van der Waals surface area contributed by atoms with Crippen LogP contribution in [0.15, 0.2) is 28.9 Å². The van der Waals surface area contributed by atoms with Crippen molar-refractivity contribution in [1.29, 1.82) is 0 Å². The summed E-state index contributed by atoms with van der Waals surface area (Å²) in [6, 6.07) is 5.40. The maximum atomic E-state index is 11.4. The molecule has 0 spiro atoms. The van der Waals surface area contributed by atoms with Crippen LogP contribution < -0.4 is 11.5 Å². The van der Waals surface area contributed by atoms with Gasteiger partial charge in [-0.1, -0.05) is 6.92 Å². The Hall–Kier alpha value is -2.23. The quantitative estimate of drug-likeness (QED) is 0.814. The summed E-state index contributed by atoms with van der Waals surface area (Å²) in [6.45, 7) is 3.82. The molecule has 0 aliphatic rings. The van der Waals surface area contributed by atoms with Gasteiger partial charge in [0.1, 0.15) is 5.76 Å². The van der Waals surface area contributed by atoms with E-state index in [1.165, 1.54) is 0 Å². The van der Waals surface area contributed by atoms with Gasteiger partial charge in [0.2, 0.25) is 5.91 Å². The Morgan fingerprint density at radius 3 is 2.67 bits per heavy atom. The molecule has 4 nitrogen and oxygen atoms in total. The molecule has 0 atom stereocenters. The Morgan fingerprint density at radius 1 is 1.44 bits per heavy atom. The Labute approximate surface area is 106 Å². The highest BCUT2D eigenvalue weighted by Gasteiger charge is 2.17. The normalized spacial score (nSPS) is 10.6. The van der Waals surface area contributed by atoms with Crippen molar-refractivity contribution in [2.24, 2.45) is 5.73 Å². The Kier molecular flexibility index (Phi) is 3.10. The highest BCUT2D eigenvalue weighted by Crippen LogP contribution is 2.33. The zero-order chi connectivity index (χ0) is 13.3. The van der Waals surface area contributed by atoms with E-state index in [1.54, 1.807) is 25.3 Å². The van der Waals surface area contributed by atoms with E-state index in [4.69, 9.17) is 15.9 Å². The second-order valence-electron chi connectivity index (χ2n) is 4.18. The molecular formula is C14H16N2O2. The van der Waals surface area contributed by atoms with Crippen molar-refractivity contribution < 1.29 is 9.21 Å². The number of anilines is 1. The number of furan rings is 1. The summed E-state index contributed by atoms with van der Waals surface area (Å²) < 4.78 is 5.38. The van der Waals surface area contributed by atoms with E-state index in [0.29, 0.717) is 17.0 Å². The third-order valence-corrected chi connectivity index (χ3v) is 3.15. The standard InChI is InChI=1S/C14H16N2O2/c1-3-9-11(12-5-4-6-18-12)7-10(14(16)17)8(2)13(9)15/h4-7H,3,15H2,1-2H3,(H2,16,17). The molecule has 1 aromatic carbocycles. The molecule has 2 aromatic rings. The number of benzene rings is 1. The lowest BCUT2D eigenvalue weighted by Gasteiger charge is -2.14. The number of nitrogen functional groups attached to an aromatic ring is 1. The van der Waals surface area contributed by atoms with Crippen molar-refractivity contribution >= 4 is 11.6 Å². The first-order valence-corrected chi connectivity index (χ1v) is 5.81. The van der Waals surface area contributed by atoms with Crippen LogP contribution in [-0.4, -0.2) is 5.91 Å². The lowest BCUT2D eigenvalue weighted by Crippen LogP contribution is -2.15.